The van der Waals surface area contributed by atoms with Crippen LogP contribution < -0.4 is 5.32 Å². The number of hydrogen-bond donors (Lipinski definition) is 1. The van der Waals surface area contributed by atoms with Gasteiger partial charge in [-0.2, -0.15) is 4.31 Å². The Morgan fingerprint density at radius 3 is 2.45 bits per heavy atom. The predicted molar refractivity (Wildman–Crippen MR) is 86.7 cm³/mol. The fraction of sp³-hybridized carbons (Fsp3) is 0.312. The Balaban J connectivity index is 1.94. The van der Waals surface area contributed by atoms with Crippen molar-refractivity contribution >= 4 is 21.5 Å². The summed E-state index contributed by atoms with van der Waals surface area (Å²) in [5.41, 5.74) is 1.97. The Labute approximate surface area is 131 Å². The van der Waals surface area contributed by atoms with Gasteiger partial charge in [0.1, 0.15) is 4.90 Å². The van der Waals surface area contributed by atoms with Crippen LogP contribution in [0.2, 0.25) is 0 Å². The maximum atomic E-state index is 12.7. The van der Waals surface area contributed by atoms with Crippen LogP contribution >= 0.6 is 0 Å². The van der Waals surface area contributed by atoms with Gasteiger partial charge in [0.15, 0.2) is 5.82 Å². The fourth-order valence-electron chi connectivity index (χ4n) is 2.53. The lowest BCUT2D eigenvalue weighted by molar-refractivity contribution is 0.477. The molecule has 0 unspecified atom stereocenters. The number of nitrogens with one attached hydrogen (secondary N) is 1. The van der Waals surface area contributed by atoms with E-state index in [1.165, 1.54) is 4.31 Å². The Kier molecular flexibility index (Phi) is 4.13. The van der Waals surface area contributed by atoms with Crippen LogP contribution in [0.15, 0.2) is 47.5 Å². The van der Waals surface area contributed by atoms with Gasteiger partial charge in [0.25, 0.3) is 0 Å². The highest BCUT2D eigenvalue weighted by molar-refractivity contribution is 7.89. The van der Waals surface area contributed by atoms with Crippen molar-refractivity contribution in [3.05, 3.63) is 48.2 Å². The second-order valence-corrected chi connectivity index (χ2v) is 7.36. The molecule has 1 aliphatic heterocycles. The van der Waals surface area contributed by atoms with Gasteiger partial charge in [-0.3, -0.25) is 0 Å². The number of anilines is 2. The lowest BCUT2D eigenvalue weighted by Crippen LogP contribution is -2.28. The van der Waals surface area contributed by atoms with Gasteiger partial charge in [-0.25, -0.2) is 13.4 Å². The molecule has 0 radical (unpaired) electrons. The predicted octanol–water partition coefficient (Wildman–Crippen LogP) is 2.92. The van der Waals surface area contributed by atoms with Crippen LogP contribution in [0.5, 0.6) is 0 Å². The van der Waals surface area contributed by atoms with E-state index in [9.17, 15) is 8.42 Å². The number of nitrogens with zero attached hydrogens (tertiary/aromatic N) is 2. The van der Waals surface area contributed by atoms with Crippen LogP contribution in [0.1, 0.15) is 18.4 Å². The van der Waals surface area contributed by atoms with Gasteiger partial charge in [0.05, 0.1) is 0 Å². The van der Waals surface area contributed by atoms with Crippen molar-refractivity contribution in [2.75, 3.05) is 18.4 Å². The molecular weight excluding hydrogens is 298 g/mol. The molecule has 1 saturated heterocycles. The first-order valence-corrected chi connectivity index (χ1v) is 8.80. The molecule has 6 heteroatoms. The zero-order valence-corrected chi connectivity index (χ0v) is 13.3. The van der Waals surface area contributed by atoms with Gasteiger partial charge in [0, 0.05) is 25.0 Å². The van der Waals surface area contributed by atoms with E-state index in [1.54, 1.807) is 18.3 Å². The highest BCUT2D eigenvalue weighted by atomic mass is 32.2. The molecule has 22 heavy (non-hydrogen) atoms. The van der Waals surface area contributed by atoms with E-state index in [0.717, 1.165) is 24.1 Å². The summed E-state index contributed by atoms with van der Waals surface area (Å²) in [4.78, 5) is 4.45. The van der Waals surface area contributed by atoms with Crippen LogP contribution in [0.4, 0.5) is 11.5 Å². The summed E-state index contributed by atoms with van der Waals surface area (Å²) in [6.45, 7) is 3.18. The molecule has 1 aromatic heterocycles. The van der Waals surface area contributed by atoms with Gasteiger partial charge in [-0.1, -0.05) is 17.7 Å². The number of pyridine rings is 1. The summed E-state index contributed by atoms with van der Waals surface area (Å²) in [6, 6.07) is 11.0. The van der Waals surface area contributed by atoms with E-state index in [0.29, 0.717) is 18.9 Å². The minimum Gasteiger partial charge on any atom is -0.339 e. The first kappa shape index (κ1) is 15.0. The third kappa shape index (κ3) is 2.98. The minimum atomic E-state index is -3.49. The SMILES string of the molecule is Cc1ccc(Nc2ncccc2S(=O)(=O)N2CCCC2)cc1. The minimum absolute atomic E-state index is 0.234. The van der Waals surface area contributed by atoms with Gasteiger partial charge >= 0.3 is 0 Å². The summed E-state index contributed by atoms with van der Waals surface area (Å²) in [6.07, 6.45) is 3.43. The van der Waals surface area contributed by atoms with Crippen molar-refractivity contribution in [1.29, 1.82) is 0 Å². The van der Waals surface area contributed by atoms with Gasteiger partial charge in [-0.15, -0.1) is 0 Å². The first-order valence-electron chi connectivity index (χ1n) is 7.36. The molecule has 1 N–H and O–H groups in total. The zero-order chi connectivity index (χ0) is 15.6. The lowest BCUT2D eigenvalue weighted by atomic mass is 10.2. The highest BCUT2D eigenvalue weighted by Crippen LogP contribution is 2.27. The third-order valence-electron chi connectivity index (χ3n) is 3.77. The second-order valence-electron chi connectivity index (χ2n) is 5.45. The summed E-state index contributed by atoms with van der Waals surface area (Å²) < 4.78 is 27.0. The average molecular weight is 317 g/mol. The summed E-state index contributed by atoms with van der Waals surface area (Å²) in [7, 11) is -3.49. The Bertz CT molecular complexity index is 751. The zero-order valence-electron chi connectivity index (χ0n) is 12.5. The first-order chi connectivity index (χ1) is 10.6. The molecule has 1 aliphatic rings. The highest BCUT2D eigenvalue weighted by Gasteiger charge is 2.29. The van der Waals surface area contributed by atoms with Crippen molar-refractivity contribution in [2.45, 2.75) is 24.7 Å². The molecule has 2 aromatic rings. The summed E-state index contributed by atoms with van der Waals surface area (Å²) >= 11 is 0. The Morgan fingerprint density at radius 2 is 1.77 bits per heavy atom. The summed E-state index contributed by atoms with van der Waals surface area (Å²) in [5, 5.41) is 3.11. The quantitative estimate of drug-likeness (QED) is 0.942. The molecule has 3 rings (SSSR count). The monoisotopic (exact) mass is 317 g/mol. The number of hydrogen-bond acceptors (Lipinski definition) is 4. The lowest BCUT2D eigenvalue weighted by Gasteiger charge is -2.18. The smallest absolute Gasteiger partial charge is 0.246 e. The van der Waals surface area contributed by atoms with E-state index in [4.69, 9.17) is 0 Å². The van der Waals surface area contributed by atoms with Crippen LogP contribution in [0.25, 0.3) is 0 Å². The molecule has 5 nitrogen and oxygen atoms in total. The van der Waals surface area contributed by atoms with Crippen LogP contribution in [0, 0.1) is 6.92 Å². The molecule has 116 valence electrons. The maximum absolute atomic E-state index is 12.7. The molecule has 0 aliphatic carbocycles. The molecule has 2 heterocycles. The molecule has 0 amide bonds. The van der Waals surface area contributed by atoms with Gasteiger partial charge in [0.2, 0.25) is 10.0 Å². The molecule has 1 fully saturated rings. The van der Waals surface area contributed by atoms with Crippen LogP contribution in [-0.4, -0.2) is 30.8 Å². The molecule has 0 saturated carbocycles. The van der Waals surface area contributed by atoms with E-state index in [-0.39, 0.29) is 4.90 Å². The van der Waals surface area contributed by atoms with E-state index < -0.39 is 10.0 Å². The fourth-order valence-corrected chi connectivity index (χ4v) is 4.15. The van der Waals surface area contributed by atoms with Crippen LogP contribution in [0.3, 0.4) is 0 Å². The largest absolute Gasteiger partial charge is 0.339 e. The number of aromatic nitrogens is 1. The van der Waals surface area contributed by atoms with Crippen molar-refractivity contribution in [2.24, 2.45) is 0 Å². The Hall–Kier alpha value is -1.92. The third-order valence-corrected chi connectivity index (χ3v) is 5.70. The Morgan fingerprint density at radius 1 is 1.09 bits per heavy atom. The molecule has 1 aromatic carbocycles. The van der Waals surface area contributed by atoms with Crippen LogP contribution in [-0.2, 0) is 10.0 Å². The van der Waals surface area contributed by atoms with Crippen molar-refractivity contribution in [3.8, 4) is 0 Å². The number of aryl methyl sites for hydroxylation is 1. The van der Waals surface area contributed by atoms with E-state index in [1.807, 2.05) is 31.2 Å². The normalized spacial score (nSPS) is 15.9. The van der Waals surface area contributed by atoms with E-state index in [2.05, 4.69) is 10.3 Å². The standard InChI is InChI=1S/C16H19N3O2S/c1-13-6-8-14(9-7-13)18-16-15(5-4-10-17-16)22(20,21)19-11-2-3-12-19/h4-10H,2-3,11-12H2,1H3,(H,17,18). The molecule has 0 bridgehead atoms. The number of rotatable bonds is 4. The molecule has 0 atom stereocenters. The molecular formula is C16H19N3O2S. The van der Waals surface area contributed by atoms with Crippen molar-refractivity contribution < 1.29 is 8.42 Å². The maximum Gasteiger partial charge on any atom is 0.246 e. The van der Waals surface area contributed by atoms with Gasteiger partial charge < -0.3 is 5.32 Å². The second kappa shape index (κ2) is 6.06. The van der Waals surface area contributed by atoms with Crippen molar-refractivity contribution in [1.82, 2.24) is 9.29 Å². The molecule has 0 spiro atoms. The van der Waals surface area contributed by atoms with Crippen molar-refractivity contribution in [3.63, 3.8) is 0 Å². The number of benzene rings is 1. The topological polar surface area (TPSA) is 62.3 Å². The van der Waals surface area contributed by atoms with E-state index >= 15 is 0 Å². The van der Waals surface area contributed by atoms with Gasteiger partial charge in [-0.05, 0) is 44.0 Å². The average Bonchev–Trinajstić information content (AvgIpc) is 3.05. The summed E-state index contributed by atoms with van der Waals surface area (Å²) in [5.74, 6) is 0.373. The number of sulfonamides is 1.